The largest absolute Gasteiger partial charge is 0.369 e. The van der Waals surface area contributed by atoms with Crippen LogP contribution >= 0.6 is 0 Å². The van der Waals surface area contributed by atoms with E-state index in [1.165, 1.54) is 4.90 Å². The van der Waals surface area contributed by atoms with Crippen LogP contribution in [-0.4, -0.2) is 34.6 Å². The zero-order chi connectivity index (χ0) is 22.8. The second-order valence-electron chi connectivity index (χ2n) is 9.01. The number of primary amides is 1. The van der Waals surface area contributed by atoms with Crippen LogP contribution < -0.4 is 16.4 Å². The lowest BCUT2D eigenvalue weighted by molar-refractivity contribution is -0.732. The van der Waals surface area contributed by atoms with Crippen LogP contribution in [0.3, 0.4) is 0 Å². The molecule has 2 aromatic rings. The second kappa shape index (κ2) is 7.00. The number of nitrogens with two attached hydrogens (primary N) is 2. The summed E-state index contributed by atoms with van der Waals surface area (Å²) >= 11 is 0. The fraction of sp³-hybridized carbons (Fsp3) is 0.333. The lowest BCUT2D eigenvalue weighted by Crippen LogP contribution is -2.99. The smallest absolute Gasteiger partial charge is 0.291 e. The van der Waals surface area contributed by atoms with E-state index in [1.54, 1.807) is 5.32 Å². The van der Waals surface area contributed by atoms with Crippen molar-refractivity contribution in [3.8, 4) is 0 Å². The number of likely N-dealkylation sites (tertiary alicyclic amines) is 1. The first-order valence-electron chi connectivity index (χ1n) is 10.7. The maximum absolute atomic E-state index is 13.7. The number of quaternary nitrogens is 1. The Hall–Kier alpha value is -3.52. The van der Waals surface area contributed by atoms with Crippen molar-refractivity contribution < 1.29 is 24.5 Å². The first kappa shape index (κ1) is 20.4. The topological polar surface area (TPSA) is 126 Å². The number of amides is 4. The molecule has 4 amide bonds. The summed E-state index contributed by atoms with van der Waals surface area (Å²) < 4.78 is 0. The molecule has 2 aromatic carbocycles. The van der Waals surface area contributed by atoms with Gasteiger partial charge in [-0.15, -0.1) is 0 Å². The number of aryl methyl sites for hydroxylation is 1. The third-order valence-corrected chi connectivity index (χ3v) is 7.29. The maximum Gasteiger partial charge on any atom is 0.291 e. The molecule has 0 radical (unpaired) electrons. The Labute approximate surface area is 185 Å². The summed E-state index contributed by atoms with van der Waals surface area (Å²) in [6, 6.07) is 12.4. The number of anilines is 1. The monoisotopic (exact) mass is 433 g/mol. The van der Waals surface area contributed by atoms with Crippen LogP contribution in [0.15, 0.2) is 42.5 Å². The van der Waals surface area contributed by atoms with Gasteiger partial charge in [-0.1, -0.05) is 36.4 Å². The number of rotatable bonds is 4. The van der Waals surface area contributed by atoms with Gasteiger partial charge in [0.25, 0.3) is 5.91 Å². The molecule has 0 aliphatic carbocycles. The summed E-state index contributed by atoms with van der Waals surface area (Å²) in [5, 5.41) is 4.69. The van der Waals surface area contributed by atoms with Crippen LogP contribution in [-0.2, 0) is 31.3 Å². The highest BCUT2D eigenvalue weighted by atomic mass is 16.2. The summed E-state index contributed by atoms with van der Waals surface area (Å²) in [5.41, 5.74) is 8.33. The molecule has 8 nitrogen and oxygen atoms in total. The van der Waals surface area contributed by atoms with Gasteiger partial charge in [-0.2, -0.15) is 0 Å². The van der Waals surface area contributed by atoms with E-state index in [0.29, 0.717) is 11.3 Å². The Bertz CT molecular complexity index is 1180. The Kier molecular flexibility index (Phi) is 4.46. The van der Waals surface area contributed by atoms with Crippen molar-refractivity contribution in [3.05, 3.63) is 64.7 Å². The SMILES string of the molecule is Cc1ccc2c(c1C)NC(=O)[C@@]21[NH2+][C@H](CC(N)=O)[C@H]2C(=O)N(Cc3ccccc3)C(=O)[C@H]21. The van der Waals surface area contributed by atoms with Crippen molar-refractivity contribution in [1.29, 1.82) is 0 Å². The molecule has 1 spiro atoms. The van der Waals surface area contributed by atoms with Gasteiger partial charge in [0.05, 0.1) is 18.7 Å². The van der Waals surface area contributed by atoms with Crippen molar-refractivity contribution >= 4 is 29.3 Å². The Morgan fingerprint density at radius 1 is 1.09 bits per heavy atom. The molecule has 3 heterocycles. The van der Waals surface area contributed by atoms with Crippen molar-refractivity contribution in [2.75, 3.05) is 5.32 Å². The molecule has 8 heteroatoms. The molecule has 0 unspecified atom stereocenters. The molecule has 5 N–H and O–H groups in total. The van der Waals surface area contributed by atoms with Gasteiger partial charge >= 0.3 is 0 Å². The molecule has 32 heavy (non-hydrogen) atoms. The highest BCUT2D eigenvalue weighted by molar-refractivity contribution is 6.14. The van der Waals surface area contributed by atoms with Crippen LogP contribution in [0.4, 0.5) is 5.69 Å². The summed E-state index contributed by atoms with van der Waals surface area (Å²) in [6.45, 7) is 4.01. The molecule has 0 aromatic heterocycles. The van der Waals surface area contributed by atoms with Gasteiger partial charge in [-0.05, 0) is 36.6 Å². The van der Waals surface area contributed by atoms with Gasteiger partial charge in [-0.3, -0.25) is 24.1 Å². The van der Waals surface area contributed by atoms with E-state index in [-0.39, 0.29) is 30.7 Å². The minimum absolute atomic E-state index is 0.0887. The zero-order valence-electron chi connectivity index (χ0n) is 17.9. The average Bonchev–Trinajstić information content (AvgIpc) is 3.32. The van der Waals surface area contributed by atoms with Gasteiger partial charge in [-0.25, -0.2) is 0 Å². The number of hydrogen-bond acceptors (Lipinski definition) is 4. The predicted molar refractivity (Wildman–Crippen MR) is 115 cm³/mol. The second-order valence-corrected chi connectivity index (χ2v) is 9.01. The first-order valence-corrected chi connectivity index (χ1v) is 10.7. The molecule has 2 fully saturated rings. The lowest BCUT2D eigenvalue weighted by Gasteiger charge is -2.26. The van der Waals surface area contributed by atoms with Crippen molar-refractivity contribution in [3.63, 3.8) is 0 Å². The van der Waals surface area contributed by atoms with E-state index in [9.17, 15) is 19.2 Å². The van der Waals surface area contributed by atoms with Crippen LogP contribution in [0.5, 0.6) is 0 Å². The Balaban J connectivity index is 1.63. The normalized spacial score (nSPS) is 28.2. The number of benzene rings is 2. The van der Waals surface area contributed by atoms with E-state index in [2.05, 4.69) is 5.32 Å². The summed E-state index contributed by atoms with van der Waals surface area (Å²) in [7, 11) is 0. The lowest BCUT2D eigenvalue weighted by atomic mass is 9.76. The third-order valence-electron chi connectivity index (χ3n) is 7.29. The van der Waals surface area contributed by atoms with Crippen molar-refractivity contribution in [2.45, 2.75) is 38.4 Å². The summed E-state index contributed by atoms with van der Waals surface area (Å²) in [6.07, 6.45) is -0.0887. The molecule has 3 aliphatic rings. The van der Waals surface area contributed by atoms with E-state index in [1.807, 2.05) is 56.3 Å². The molecule has 0 saturated carbocycles. The molecule has 5 rings (SSSR count). The number of carbonyl (C=O) groups is 4. The minimum atomic E-state index is -1.29. The maximum atomic E-state index is 13.7. The number of nitrogens with zero attached hydrogens (tertiary/aromatic N) is 1. The molecule has 4 atom stereocenters. The van der Waals surface area contributed by atoms with E-state index in [0.717, 1.165) is 16.7 Å². The highest BCUT2D eigenvalue weighted by Gasteiger charge is 2.74. The first-order chi connectivity index (χ1) is 15.3. The summed E-state index contributed by atoms with van der Waals surface area (Å²) in [5.74, 6) is -3.32. The fourth-order valence-corrected chi connectivity index (χ4v) is 5.68. The predicted octanol–water partition coefficient (Wildman–Crippen LogP) is 0.0732. The van der Waals surface area contributed by atoms with Gasteiger partial charge in [0, 0.05) is 5.56 Å². The number of hydrogen-bond donors (Lipinski definition) is 3. The van der Waals surface area contributed by atoms with E-state index in [4.69, 9.17) is 5.73 Å². The van der Waals surface area contributed by atoms with Crippen molar-refractivity contribution in [2.24, 2.45) is 17.6 Å². The molecule has 3 aliphatic heterocycles. The molecular weight excluding hydrogens is 408 g/mol. The van der Waals surface area contributed by atoms with Crippen LogP contribution in [0.25, 0.3) is 0 Å². The quantitative estimate of drug-likeness (QED) is 0.590. The number of nitrogens with one attached hydrogen (secondary N) is 1. The van der Waals surface area contributed by atoms with Crippen LogP contribution in [0.2, 0.25) is 0 Å². The van der Waals surface area contributed by atoms with Crippen LogP contribution in [0.1, 0.15) is 28.7 Å². The molecule has 0 bridgehead atoms. The number of imide groups is 1. The molecule has 2 saturated heterocycles. The minimum Gasteiger partial charge on any atom is -0.369 e. The van der Waals surface area contributed by atoms with Gasteiger partial charge in [0.2, 0.25) is 23.3 Å². The van der Waals surface area contributed by atoms with E-state index < -0.39 is 29.3 Å². The number of carbonyl (C=O) groups excluding carboxylic acids is 4. The Morgan fingerprint density at radius 3 is 2.50 bits per heavy atom. The Morgan fingerprint density at radius 2 is 1.81 bits per heavy atom. The van der Waals surface area contributed by atoms with Gasteiger partial charge in [0.1, 0.15) is 17.9 Å². The van der Waals surface area contributed by atoms with Gasteiger partial charge < -0.3 is 16.4 Å². The molecular formula is C24H25N4O4+. The van der Waals surface area contributed by atoms with Crippen LogP contribution in [0, 0.1) is 25.7 Å². The van der Waals surface area contributed by atoms with E-state index >= 15 is 0 Å². The third kappa shape index (κ3) is 2.65. The zero-order valence-corrected chi connectivity index (χ0v) is 17.9. The highest BCUT2D eigenvalue weighted by Crippen LogP contribution is 2.50. The van der Waals surface area contributed by atoms with Crippen molar-refractivity contribution in [1.82, 2.24) is 4.90 Å². The summed E-state index contributed by atoms with van der Waals surface area (Å²) in [4.78, 5) is 53.7. The van der Waals surface area contributed by atoms with Gasteiger partial charge in [0.15, 0.2) is 0 Å². The standard InChI is InChI=1S/C24H24N4O4/c1-12-8-9-15-20(13(12)2)26-23(32)24(15)19-18(16(27-24)10-17(25)29)21(30)28(22(19)31)11-14-6-4-3-5-7-14/h3-9,16,18-19,27H,10-11H2,1-2H3,(H2,25,29)(H,26,32)/p+1/t16-,18-,19+,24-/m1/s1. The number of fused-ring (bicyclic) bond motifs is 4. The fourth-order valence-electron chi connectivity index (χ4n) is 5.68. The average molecular weight is 433 g/mol. The molecule has 164 valence electrons.